The number of hydrogen-bond acceptors (Lipinski definition) is 3. The first-order valence-electron chi connectivity index (χ1n) is 5.60. The fourth-order valence-corrected chi connectivity index (χ4v) is 1.93. The van der Waals surface area contributed by atoms with Gasteiger partial charge in [-0.05, 0) is 24.8 Å². The summed E-state index contributed by atoms with van der Waals surface area (Å²) in [5.41, 5.74) is 0. The molecule has 0 aromatic heterocycles. The molecule has 1 fully saturated rings. The lowest BCUT2D eigenvalue weighted by molar-refractivity contribution is 0.294. The molecule has 0 amide bonds. The first-order valence-corrected chi connectivity index (χ1v) is 5.60. The largest absolute Gasteiger partial charge is 0.354 e. The van der Waals surface area contributed by atoms with E-state index in [4.69, 9.17) is 0 Å². The van der Waals surface area contributed by atoms with Gasteiger partial charge in [-0.25, -0.2) is 4.99 Å². The van der Waals surface area contributed by atoms with Crippen molar-refractivity contribution in [1.29, 1.82) is 0 Å². The zero-order chi connectivity index (χ0) is 9.80. The summed E-state index contributed by atoms with van der Waals surface area (Å²) in [6, 6.07) is 0. The van der Waals surface area contributed by atoms with Crippen molar-refractivity contribution in [2.24, 2.45) is 10.9 Å². The first kappa shape index (κ1) is 9.71. The van der Waals surface area contributed by atoms with Crippen LogP contribution in [0.5, 0.6) is 0 Å². The molecule has 0 aromatic rings. The molecule has 0 radical (unpaired) electrons. The predicted octanol–water partition coefficient (Wildman–Crippen LogP) is 1.23. The third-order valence-corrected chi connectivity index (χ3v) is 2.99. The van der Waals surface area contributed by atoms with E-state index in [1.807, 2.05) is 0 Å². The minimum atomic E-state index is 0.668. The van der Waals surface area contributed by atoms with Gasteiger partial charge in [-0.1, -0.05) is 6.92 Å². The van der Waals surface area contributed by atoms with Gasteiger partial charge in [0.05, 0.1) is 0 Å². The Bertz CT molecular complexity index is 239. The van der Waals surface area contributed by atoms with Gasteiger partial charge in [0.25, 0.3) is 0 Å². The molecule has 3 heteroatoms. The molecule has 3 nitrogen and oxygen atoms in total. The van der Waals surface area contributed by atoms with E-state index in [1.165, 1.54) is 18.7 Å². The highest BCUT2D eigenvalue weighted by atomic mass is 15.3. The van der Waals surface area contributed by atoms with Crippen molar-refractivity contribution >= 4 is 6.21 Å². The van der Waals surface area contributed by atoms with Gasteiger partial charge in [0, 0.05) is 32.4 Å². The van der Waals surface area contributed by atoms with Gasteiger partial charge in [0.15, 0.2) is 0 Å². The maximum atomic E-state index is 4.54. The van der Waals surface area contributed by atoms with Gasteiger partial charge in [-0.3, -0.25) is 0 Å². The molecule has 1 unspecified atom stereocenters. The van der Waals surface area contributed by atoms with Crippen LogP contribution in [-0.2, 0) is 0 Å². The quantitative estimate of drug-likeness (QED) is 0.714. The van der Waals surface area contributed by atoms with E-state index >= 15 is 0 Å². The van der Waals surface area contributed by atoms with Crippen molar-refractivity contribution < 1.29 is 0 Å². The molecule has 0 saturated carbocycles. The SMILES string of the molecule is CCC1C=NC(N2CCNCC2)=CC1. The Balaban J connectivity index is 1.92. The molecule has 0 aromatic carbocycles. The van der Waals surface area contributed by atoms with Gasteiger partial charge >= 0.3 is 0 Å². The molecule has 1 atom stereocenters. The number of hydrogen-bond donors (Lipinski definition) is 1. The van der Waals surface area contributed by atoms with E-state index in [9.17, 15) is 0 Å². The Morgan fingerprint density at radius 3 is 2.86 bits per heavy atom. The Kier molecular flexibility index (Phi) is 3.19. The standard InChI is InChI=1S/C11H19N3/c1-2-10-3-4-11(13-9-10)14-7-5-12-6-8-14/h4,9-10,12H,2-3,5-8H2,1H3. The normalized spacial score (nSPS) is 27.6. The predicted molar refractivity (Wildman–Crippen MR) is 59.4 cm³/mol. The molecular weight excluding hydrogens is 174 g/mol. The molecule has 0 spiro atoms. The van der Waals surface area contributed by atoms with Crippen LogP contribution in [0.3, 0.4) is 0 Å². The van der Waals surface area contributed by atoms with Crippen LogP contribution in [0.1, 0.15) is 19.8 Å². The summed E-state index contributed by atoms with van der Waals surface area (Å²) in [4.78, 5) is 6.91. The minimum absolute atomic E-state index is 0.668. The summed E-state index contributed by atoms with van der Waals surface area (Å²) in [5.74, 6) is 1.86. The van der Waals surface area contributed by atoms with E-state index in [2.05, 4.69) is 34.4 Å². The second-order valence-corrected chi connectivity index (χ2v) is 3.98. The molecule has 2 rings (SSSR count). The smallest absolute Gasteiger partial charge is 0.124 e. The molecular formula is C11H19N3. The lowest BCUT2D eigenvalue weighted by Crippen LogP contribution is -2.42. The first-order chi connectivity index (χ1) is 6.90. The van der Waals surface area contributed by atoms with Gasteiger partial charge in [-0.2, -0.15) is 0 Å². The van der Waals surface area contributed by atoms with E-state index < -0.39 is 0 Å². The van der Waals surface area contributed by atoms with Gasteiger partial charge in [-0.15, -0.1) is 0 Å². The molecule has 1 saturated heterocycles. The van der Waals surface area contributed by atoms with Crippen molar-refractivity contribution in [3.05, 3.63) is 11.9 Å². The summed E-state index contributed by atoms with van der Waals surface area (Å²) >= 11 is 0. The van der Waals surface area contributed by atoms with Crippen molar-refractivity contribution in [1.82, 2.24) is 10.2 Å². The highest BCUT2D eigenvalue weighted by molar-refractivity contribution is 5.63. The van der Waals surface area contributed by atoms with Crippen LogP contribution in [0.2, 0.25) is 0 Å². The zero-order valence-corrected chi connectivity index (χ0v) is 8.87. The Labute approximate surface area is 85.9 Å². The molecule has 14 heavy (non-hydrogen) atoms. The third-order valence-electron chi connectivity index (χ3n) is 2.99. The number of rotatable bonds is 2. The lowest BCUT2D eigenvalue weighted by Gasteiger charge is -2.31. The van der Waals surface area contributed by atoms with Crippen molar-refractivity contribution in [3.63, 3.8) is 0 Å². The fraction of sp³-hybridized carbons (Fsp3) is 0.727. The number of aliphatic imine (C=N–C) groups is 1. The molecule has 0 aliphatic carbocycles. The summed E-state index contributed by atoms with van der Waals surface area (Å²) < 4.78 is 0. The Morgan fingerprint density at radius 2 is 2.29 bits per heavy atom. The highest BCUT2D eigenvalue weighted by Crippen LogP contribution is 2.18. The second-order valence-electron chi connectivity index (χ2n) is 3.98. The molecule has 78 valence electrons. The topological polar surface area (TPSA) is 27.6 Å². The molecule has 0 bridgehead atoms. The second kappa shape index (κ2) is 4.60. The van der Waals surface area contributed by atoms with E-state index in [-0.39, 0.29) is 0 Å². The van der Waals surface area contributed by atoms with Gasteiger partial charge in [0.2, 0.25) is 0 Å². The molecule has 2 aliphatic heterocycles. The summed E-state index contributed by atoms with van der Waals surface area (Å²) in [6.07, 6.45) is 6.78. The van der Waals surface area contributed by atoms with Crippen LogP contribution in [0.15, 0.2) is 16.9 Å². The van der Waals surface area contributed by atoms with Crippen LogP contribution < -0.4 is 5.32 Å². The average Bonchev–Trinajstić information content (AvgIpc) is 2.30. The van der Waals surface area contributed by atoms with E-state index in [0.717, 1.165) is 26.2 Å². The molecule has 1 N–H and O–H groups in total. The van der Waals surface area contributed by atoms with E-state index in [0.29, 0.717) is 5.92 Å². The fourth-order valence-electron chi connectivity index (χ4n) is 1.93. The van der Waals surface area contributed by atoms with Crippen molar-refractivity contribution in [2.45, 2.75) is 19.8 Å². The molecule has 2 heterocycles. The van der Waals surface area contributed by atoms with Crippen molar-refractivity contribution in [3.8, 4) is 0 Å². The summed E-state index contributed by atoms with van der Waals surface area (Å²) in [6.45, 7) is 6.59. The van der Waals surface area contributed by atoms with Crippen LogP contribution in [0, 0.1) is 5.92 Å². The van der Waals surface area contributed by atoms with Crippen LogP contribution in [0.4, 0.5) is 0 Å². The van der Waals surface area contributed by atoms with E-state index in [1.54, 1.807) is 0 Å². The number of nitrogens with one attached hydrogen (secondary N) is 1. The van der Waals surface area contributed by atoms with Crippen LogP contribution in [0.25, 0.3) is 0 Å². The Hall–Kier alpha value is -0.830. The Morgan fingerprint density at radius 1 is 1.50 bits per heavy atom. The average molecular weight is 193 g/mol. The zero-order valence-electron chi connectivity index (χ0n) is 8.87. The third kappa shape index (κ3) is 2.15. The number of piperazine rings is 1. The summed E-state index contributed by atoms with van der Waals surface area (Å²) in [5, 5.41) is 3.35. The number of nitrogens with zero attached hydrogens (tertiary/aromatic N) is 2. The van der Waals surface area contributed by atoms with Gasteiger partial charge < -0.3 is 10.2 Å². The minimum Gasteiger partial charge on any atom is -0.354 e. The number of allylic oxidation sites excluding steroid dienone is 1. The van der Waals surface area contributed by atoms with Crippen LogP contribution >= 0.6 is 0 Å². The molecule has 2 aliphatic rings. The van der Waals surface area contributed by atoms with Crippen molar-refractivity contribution in [2.75, 3.05) is 26.2 Å². The van der Waals surface area contributed by atoms with Gasteiger partial charge in [0.1, 0.15) is 5.82 Å². The maximum Gasteiger partial charge on any atom is 0.124 e. The lowest BCUT2D eigenvalue weighted by atomic mass is 10.0. The highest BCUT2D eigenvalue weighted by Gasteiger charge is 2.15. The summed E-state index contributed by atoms with van der Waals surface area (Å²) in [7, 11) is 0. The van der Waals surface area contributed by atoms with Crippen LogP contribution in [-0.4, -0.2) is 37.3 Å². The maximum absolute atomic E-state index is 4.54. The monoisotopic (exact) mass is 193 g/mol.